The molecule has 0 unspecified atom stereocenters. The summed E-state index contributed by atoms with van der Waals surface area (Å²) < 4.78 is 5.92. The van der Waals surface area contributed by atoms with Gasteiger partial charge in [0.1, 0.15) is 5.75 Å². The van der Waals surface area contributed by atoms with Crippen molar-refractivity contribution in [1.29, 1.82) is 0 Å². The molecule has 0 radical (unpaired) electrons. The van der Waals surface area contributed by atoms with Gasteiger partial charge in [-0.1, -0.05) is 12.1 Å². The van der Waals surface area contributed by atoms with Crippen LogP contribution >= 0.6 is 0 Å². The Hall–Kier alpha value is -4.50. The number of nitro benzene ring substituents is 1. The smallest absolute Gasteiger partial charge is 0.269 e. The molecule has 0 spiro atoms. The van der Waals surface area contributed by atoms with E-state index in [0.717, 1.165) is 43.2 Å². The maximum atomic E-state index is 10.7. The normalized spacial score (nSPS) is 11.1. The molecule has 0 atom stereocenters. The molecule has 9 nitrogen and oxygen atoms in total. The first-order valence-corrected chi connectivity index (χ1v) is 11.6. The predicted octanol–water partition coefficient (Wildman–Crippen LogP) is 6.27. The Morgan fingerprint density at radius 2 is 1.33 bits per heavy atom. The summed E-state index contributed by atoms with van der Waals surface area (Å²) in [6.45, 7) is 2.90. The Morgan fingerprint density at radius 1 is 0.778 bits per heavy atom. The van der Waals surface area contributed by atoms with E-state index in [1.165, 1.54) is 12.1 Å². The molecular formula is C27H26N6O3. The molecule has 4 rings (SSSR count). The van der Waals surface area contributed by atoms with Gasteiger partial charge < -0.3 is 4.74 Å². The Morgan fingerprint density at radius 3 is 1.83 bits per heavy atom. The lowest BCUT2D eigenvalue weighted by atomic mass is 10.2. The number of ether oxygens (including phenoxy) is 1. The molecule has 9 heteroatoms. The monoisotopic (exact) mass is 482 g/mol. The second-order valence-electron chi connectivity index (χ2n) is 8.02. The zero-order chi connectivity index (χ0) is 25.0. The van der Waals surface area contributed by atoms with Crippen molar-refractivity contribution in [3.63, 3.8) is 0 Å². The summed E-state index contributed by atoms with van der Waals surface area (Å²) in [5.41, 5.74) is 3.27. The van der Waals surface area contributed by atoms with Crippen molar-refractivity contribution in [2.45, 2.75) is 19.5 Å². The van der Waals surface area contributed by atoms with Gasteiger partial charge >= 0.3 is 0 Å². The van der Waals surface area contributed by atoms with Crippen molar-refractivity contribution in [2.75, 3.05) is 13.2 Å². The lowest BCUT2D eigenvalue weighted by molar-refractivity contribution is -0.384. The first kappa shape index (κ1) is 24.6. The highest BCUT2D eigenvalue weighted by Crippen LogP contribution is 2.23. The van der Waals surface area contributed by atoms with E-state index in [9.17, 15) is 10.1 Å². The van der Waals surface area contributed by atoms with Crippen LogP contribution in [0.2, 0.25) is 0 Å². The molecule has 2 aromatic carbocycles. The molecule has 36 heavy (non-hydrogen) atoms. The number of hydrogen-bond acceptors (Lipinski definition) is 8. The van der Waals surface area contributed by atoms with Crippen LogP contribution in [0.5, 0.6) is 5.75 Å². The van der Waals surface area contributed by atoms with Crippen LogP contribution in [-0.4, -0.2) is 32.9 Å². The number of rotatable bonds is 12. The van der Waals surface area contributed by atoms with Gasteiger partial charge in [-0.05, 0) is 67.1 Å². The average molecular weight is 483 g/mol. The summed E-state index contributed by atoms with van der Waals surface area (Å²) in [7, 11) is 0. The number of azo groups is 1. The van der Waals surface area contributed by atoms with Crippen LogP contribution in [0.4, 0.5) is 17.1 Å². The first-order valence-electron chi connectivity index (χ1n) is 11.6. The molecule has 182 valence electrons. The molecule has 0 bridgehead atoms. The third-order valence-electron chi connectivity index (χ3n) is 5.29. The van der Waals surface area contributed by atoms with E-state index in [4.69, 9.17) is 4.74 Å². The lowest BCUT2D eigenvalue weighted by Crippen LogP contribution is -2.26. The molecule has 0 fully saturated rings. The number of nitro groups is 1. The van der Waals surface area contributed by atoms with Crippen molar-refractivity contribution in [1.82, 2.24) is 14.9 Å². The van der Waals surface area contributed by atoms with E-state index in [0.29, 0.717) is 18.0 Å². The van der Waals surface area contributed by atoms with E-state index in [1.54, 1.807) is 12.1 Å². The maximum absolute atomic E-state index is 10.7. The van der Waals surface area contributed by atoms with Crippen LogP contribution in [0.25, 0.3) is 0 Å². The second-order valence-corrected chi connectivity index (χ2v) is 8.02. The van der Waals surface area contributed by atoms with Gasteiger partial charge in [0.05, 0.1) is 34.3 Å². The Labute approximate surface area is 209 Å². The van der Waals surface area contributed by atoms with E-state index >= 15 is 0 Å². The van der Waals surface area contributed by atoms with Crippen molar-refractivity contribution >= 4 is 17.1 Å². The molecule has 2 aromatic heterocycles. The van der Waals surface area contributed by atoms with E-state index in [2.05, 4.69) is 25.1 Å². The van der Waals surface area contributed by atoms with Crippen molar-refractivity contribution < 1.29 is 9.66 Å². The second kappa shape index (κ2) is 12.8. The molecule has 4 aromatic rings. The van der Waals surface area contributed by atoms with Crippen molar-refractivity contribution in [3.05, 3.63) is 119 Å². The molecule has 0 aliphatic rings. The summed E-state index contributed by atoms with van der Waals surface area (Å²) >= 11 is 0. The van der Waals surface area contributed by atoms with Gasteiger partial charge in [-0.3, -0.25) is 25.0 Å². The zero-order valence-electron chi connectivity index (χ0n) is 19.7. The fourth-order valence-electron chi connectivity index (χ4n) is 3.50. The minimum atomic E-state index is -0.446. The van der Waals surface area contributed by atoms with Crippen molar-refractivity contribution in [2.24, 2.45) is 10.2 Å². The van der Waals surface area contributed by atoms with Gasteiger partial charge in [0.2, 0.25) is 0 Å². The Bertz CT molecular complexity index is 1210. The SMILES string of the molecule is O=[N+]([O-])c1ccc(N=Nc2ccc(OCCCN(Cc3ccccn3)Cc3ccccn3)cc2)cc1. The number of hydrogen-bond donors (Lipinski definition) is 0. The molecule has 0 saturated heterocycles. The average Bonchev–Trinajstić information content (AvgIpc) is 2.92. The molecular weight excluding hydrogens is 456 g/mol. The molecule has 0 aliphatic carbocycles. The number of nitrogens with zero attached hydrogens (tertiary/aromatic N) is 6. The van der Waals surface area contributed by atoms with Crippen LogP contribution in [0.15, 0.2) is 108 Å². The van der Waals surface area contributed by atoms with Crippen LogP contribution in [0.3, 0.4) is 0 Å². The van der Waals surface area contributed by atoms with Crippen LogP contribution in [0, 0.1) is 10.1 Å². The third-order valence-corrected chi connectivity index (χ3v) is 5.29. The fourth-order valence-corrected chi connectivity index (χ4v) is 3.50. The number of aromatic nitrogens is 2. The predicted molar refractivity (Wildman–Crippen MR) is 136 cm³/mol. The Balaban J connectivity index is 1.26. The standard InChI is InChI=1S/C27H26N6O3/c34-33(35)26-12-8-22(9-13-26)30-31-23-10-14-27(15-11-23)36-19-5-18-32(20-24-6-1-3-16-28-24)21-25-7-2-4-17-29-25/h1-4,6-17H,5,18-21H2. The summed E-state index contributed by atoms with van der Waals surface area (Å²) in [6.07, 6.45) is 4.47. The Kier molecular flexibility index (Phi) is 8.77. The van der Waals surface area contributed by atoms with Crippen LogP contribution < -0.4 is 4.74 Å². The van der Waals surface area contributed by atoms with Gasteiger partial charge in [0.25, 0.3) is 5.69 Å². The van der Waals surface area contributed by atoms with E-state index < -0.39 is 4.92 Å². The van der Waals surface area contributed by atoms with E-state index in [-0.39, 0.29) is 5.69 Å². The zero-order valence-corrected chi connectivity index (χ0v) is 19.7. The molecule has 0 aliphatic heterocycles. The third kappa shape index (κ3) is 7.78. The van der Waals surface area contributed by atoms with Gasteiger partial charge in [-0.2, -0.15) is 10.2 Å². The topological polar surface area (TPSA) is 106 Å². The molecule has 2 heterocycles. The number of non-ortho nitro benzene ring substituents is 1. The number of benzene rings is 2. The summed E-state index contributed by atoms with van der Waals surface area (Å²) in [4.78, 5) is 21.5. The summed E-state index contributed by atoms with van der Waals surface area (Å²) in [5, 5.41) is 19.0. The highest BCUT2D eigenvalue weighted by molar-refractivity contribution is 5.45. The quantitative estimate of drug-likeness (QED) is 0.102. The maximum Gasteiger partial charge on any atom is 0.269 e. The summed E-state index contributed by atoms with van der Waals surface area (Å²) in [5.74, 6) is 0.755. The van der Waals surface area contributed by atoms with E-state index in [1.807, 2.05) is 73.1 Å². The van der Waals surface area contributed by atoms with Crippen molar-refractivity contribution in [3.8, 4) is 5.75 Å². The fraction of sp³-hybridized carbons (Fsp3) is 0.185. The van der Waals surface area contributed by atoms with Gasteiger partial charge in [-0.25, -0.2) is 0 Å². The first-order chi connectivity index (χ1) is 17.7. The van der Waals surface area contributed by atoms with Gasteiger partial charge in [0, 0.05) is 44.2 Å². The number of pyridine rings is 2. The highest BCUT2D eigenvalue weighted by atomic mass is 16.6. The lowest BCUT2D eigenvalue weighted by Gasteiger charge is -2.21. The van der Waals surface area contributed by atoms with Crippen LogP contribution in [0.1, 0.15) is 17.8 Å². The molecule has 0 N–H and O–H groups in total. The van der Waals surface area contributed by atoms with Gasteiger partial charge in [-0.15, -0.1) is 0 Å². The van der Waals surface area contributed by atoms with Gasteiger partial charge in [0.15, 0.2) is 0 Å². The molecule has 0 saturated carbocycles. The highest BCUT2D eigenvalue weighted by Gasteiger charge is 2.09. The van der Waals surface area contributed by atoms with Crippen LogP contribution in [-0.2, 0) is 13.1 Å². The summed E-state index contributed by atoms with van der Waals surface area (Å²) in [6, 6.07) is 25.2. The minimum absolute atomic E-state index is 0.0204. The largest absolute Gasteiger partial charge is 0.494 e. The molecule has 0 amide bonds. The minimum Gasteiger partial charge on any atom is -0.494 e.